The fourth-order valence-electron chi connectivity index (χ4n) is 4.80. The molecule has 2 aromatic rings. The summed E-state index contributed by atoms with van der Waals surface area (Å²) in [4.78, 5) is 17.6. The molecule has 0 saturated heterocycles. The van der Waals surface area contributed by atoms with Crippen molar-refractivity contribution in [3.05, 3.63) is 87.7 Å². The van der Waals surface area contributed by atoms with Crippen LogP contribution in [0.1, 0.15) is 62.9 Å². The second-order valence-electron chi connectivity index (χ2n) is 9.79. The molecule has 1 aromatic heterocycles. The van der Waals surface area contributed by atoms with Gasteiger partial charge in [0.1, 0.15) is 0 Å². The number of ether oxygens (including phenoxy) is 1. The van der Waals surface area contributed by atoms with E-state index in [0.29, 0.717) is 18.1 Å². The van der Waals surface area contributed by atoms with E-state index in [2.05, 4.69) is 37.0 Å². The summed E-state index contributed by atoms with van der Waals surface area (Å²) in [5, 5.41) is 5.18. The van der Waals surface area contributed by atoms with Crippen molar-refractivity contribution in [1.82, 2.24) is 10.3 Å². The Morgan fingerprint density at radius 3 is 2.74 bits per heavy atom. The number of rotatable bonds is 6. The summed E-state index contributed by atoms with van der Waals surface area (Å²) in [7, 11) is 0. The van der Waals surface area contributed by atoms with Crippen LogP contribution in [-0.4, -0.2) is 17.6 Å². The van der Waals surface area contributed by atoms with Gasteiger partial charge in [-0.15, -0.1) is 0 Å². The van der Waals surface area contributed by atoms with Crippen LogP contribution < -0.4 is 15.8 Å². The quantitative estimate of drug-likeness (QED) is 0.463. The van der Waals surface area contributed by atoms with Crippen molar-refractivity contribution in [3.8, 4) is 0 Å². The first-order chi connectivity index (χ1) is 16.9. The SMILES string of the molecule is C=c1ccc(C2=C(c3cccc(C)n3)NC=CC2)c/c1=C/C(=C\C)C(=O)OC[C@H]1CC[C@@H](C)CC1. The number of aryl methyl sites for hydroxylation is 1. The zero-order valence-corrected chi connectivity index (χ0v) is 21.1. The summed E-state index contributed by atoms with van der Waals surface area (Å²) in [5.74, 6) is 1.01. The Morgan fingerprint density at radius 1 is 1.20 bits per heavy atom. The van der Waals surface area contributed by atoms with E-state index in [4.69, 9.17) is 9.72 Å². The van der Waals surface area contributed by atoms with Gasteiger partial charge < -0.3 is 10.1 Å². The lowest BCUT2D eigenvalue weighted by Crippen LogP contribution is -2.25. The van der Waals surface area contributed by atoms with Crippen molar-refractivity contribution in [1.29, 1.82) is 0 Å². The molecule has 2 heterocycles. The molecule has 1 fully saturated rings. The van der Waals surface area contributed by atoms with Gasteiger partial charge in [0.15, 0.2) is 0 Å². The molecule has 1 aromatic carbocycles. The Morgan fingerprint density at radius 2 is 2.00 bits per heavy atom. The predicted molar refractivity (Wildman–Crippen MR) is 144 cm³/mol. The van der Waals surface area contributed by atoms with Gasteiger partial charge in [-0.3, -0.25) is 4.98 Å². The van der Waals surface area contributed by atoms with Crippen LogP contribution in [0.25, 0.3) is 23.9 Å². The first-order valence-corrected chi connectivity index (χ1v) is 12.7. The highest BCUT2D eigenvalue weighted by Crippen LogP contribution is 2.29. The van der Waals surface area contributed by atoms with Gasteiger partial charge in [-0.1, -0.05) is 56.7 Å². The van der Waals surface area contributed by atoms with E-state index in [1.807, 2.05) is 56.5 Å². The molecule has 4 heteroatoms. The van der Waals surface area contributed by atoms with Gasteiger partial charge in [-0.25, -0.2) is 4.79 Å². The molecule has 0 unspecified atom stereocenters. The fraction of sp³-hybridized carbons (Fsp3) is 0.355. The minimum atomic E-state index is -0.262. The van der Waals surface area contributed by atoms with Crippen molar-refractivity contribution < 1.29 is 9.53 Å². The summed E-state index contributed by atoms with van der Waals surface area (Å²) in [6, 6.07) is 12.3. The number of carbonyl (C=O) groups excluding carboxylic acids is 1. The van der Waals surface area contributed by atoms with Crippen LogP contribution in [0.5, 0.6) is 0 Å². The van der Waals surface area contributed by atoms with Crippen LogP contribution in [0.3, 0.4) is 0 Å². The lowest BCUT2D eigenvalue weighted by Gasteiger charge is -2.25. The van der Waals surface area contributed by atoms with Crippen molar-refractivity contribution in [2.75, 3.05) is 6.61 Å². The molecule has 4 rings (SSSR count). The average Bonchev–Trinajstić information content (AvgIpc) is 2.87. The lowest BCUT2D eigenvalue weighted by molar-refractivity contribution is -0.140. The number of benzene rings is 1. The second-order valence-corrected chi connectivity index (χ2v) is 9.79. The molecule has 4 nitrogen and oxygen atoms in total. The number of aromatic nitrogens is 1. The summed E-state index contributed by atoms with van der Waals surface area (Å²) >= 11 is 0. The Kier molecular flexibility index (Phi) is 8.02. The van der Waals surface area contributed by atoms with Crippen molar-refractivity contribution >= 4 is 29.9 Å². The molecule has 0 radical (unpaired) electrons. The molecular formula is C31H36N2O2. The fourth-order valence-corrected chi connectivity index (χ4v) is 4.80. The maximum atomic E-state index is 12.9. The molecule has 1 aliphatic carbocycles. The second kappa shape index (κ2) is 11.4. The maximum Gasteiger partial charge on any atom is 0.337 e. The Bertz CT molecular complexity index is 1280. The zero-order valence-electron chi connectivity index (χ0n) is 21.1. The number of allylic oxidation sites excluding steroid dienone is 3. The number of hydrogen-bond acceptors (Lipinski definition) is 4. The highest BCUT2D eigenvalue weighted by atomic mass is 16.5. The number of nitrogens with one attached hydrogen (secondary N) is 1. The van der Waals surface area contributed by atoms with Crippen molar-refractivity contribution in [3.63, 3.8) is 0 Å². The average molecular weight is 469 g/mol. The largest absolute Gasteiger partial charge is 0.462 e. The molecule has 1 saturated carbocycles. The van der Waals surface area contributed by atoms with Crippen molar-refractivity contribution in [2.24, 2.45) is 11.8 Å². The number of esters is 1. The van der Waals surface area contributed by atoms with Crippen LogP contribution in [0.4, 0.5) is 0 Å². The molecule has 0 amide bonds. The maximum absolute atomic E-state index is 12.9. The van der Waals surface area contributed by atoms with E-state index in [0.717, 1.165) is 63.8 Å². The van der Waals surface area contributed by atoms with Gasteiger partial charge in [-0.05, 0) is 97.0 Å². The molecule has 2 aliphatic rings. The highest BCUT2D eigenvalue weighted by molar-refractivity contribution is 5.97. The summed E-state index contributed by atoms with van der Waals surface area (Å²) < 4.78 is 5.72. The topological polar surface area (TPSA) is 51.2 Å². The molecule has 1 aliphatic heterocycles. The van der Waals surface area contributed by atoms with E-state index in [1.54, 1.807) is 0 Å². The number of carbonyl (C=O) groups is 1. The van der Waals surface area contributed by atoms with E-state index >= 15 is 0 Å². The van der Waals surface area contributed by atoms with Gasteiger partial charge >= 0.3 is 5.97 Å². The van der Waals surface area contributed by atoms with E-state index < -0.39 is 0 Å². The number of pyridine rings is 1. The smallest absolute Gasteiger partial charge is 0.337 e. The molecule has 35 heavy (non-hydrogen) atoms. The standard InChI is InChI=1S/C31H36N2O2/c1-5-25(31(34)35-20-24-14-11-21(2)12-15-24)18-27-19-26(16-13-22(27)3)28-9-7-17-32-30(28)29-10-6-8-23(4)33-29/h5-8,10,13,16-19,21,24,32H,3,9,11-12,14-15,20H2,1-2,4H3/b25-5+,27-18-/t21-,24+. The third-order valence-electron chi connectivity index (χ3n) is 7.05. The molecule has 0 bridgehead atoms. The van der Waals surface area contributed by atoms with Gasteiger partial charge in [0.25, 0.3) is 0 Å². The normalized spacial score (nSPS) is 21.1. The van der Waals surface area contributed by atoms with E-state index in [9.17, 15) is 4.79 Å². The summed E-state index contributed by atoms with van der Waals surface area (Å²) in [6.45, 7) is 10.9. The van der Waals surface area contributed by atoms with Crippen LogP contribution in [-0.2, 0) is 9.53 Å². The van der Waals surface area contributed by atoms with E-state index in [-0.39, 0.29) is 5.97 Å². The number of dihydropyridines is 1. The van der Waals surface area contributed by atoms with Gasteiger partial charge in [-0.2, -0.15) is 0 Å². The minimum absolute atomic E-state index is 0.262. The third kappa shape index (κ3) is 6.19. The molecule has 182 valence electrons. The van der Waals surface area contributed by atoms with Crippen LogP contribution >= 0.6 is 0 Å². The Balaban J connectivity index is 1.59. The highest BCUT2D eigenvalue weighted by Gasteiger charge is 2.20. The Hall–Kier alpha value is -3.40. The summed E-state index contributed by atoms with van der Waals surface area (Å²) in [6.07, 6.45) is 13.3. The van der Waals surface area contributed by atoms with Gasteiger partial charge in [0.2, 0.25) is 0 Å². The zero-order chi connectivity index (χ0) is 24.8. The first kappa shape index (κ1) is 24.7. The number of nitrogens with zero attached hydrogens (tertiary/aromatic N) is 1. The van der Waals surface area contributed by atoms with Gasteiger partial charge in [0.05, 0.1) is 23.6 Å². The number of hydrogen-bond donors (Lipinski definition) is 1. The monoisotopic (exact) mass is 468 g/mol. The van der Waals surface area contributed by atoms with Crippen molar-refractivity contribution in [2.45, 2.75) is 52.9 Å². The minimum Gasteiger partial charge on any atom is -0.462 e. The third-order valence-corrected chi connectivity index (χ3v) is 7.05. The Labute approximate surface area is 208 Å². The first-order valence-electron chi connectivity index (χ1n) is 12.7. The van der Waals surface area contributed by atoms with Gasteiger partial charge in [0, 0.05) is 5.69 Å². The van der Waals surface area contributed by atoms with E-state index in [1.165, 1.54) is 12.8 Å². The lowest BCUT2D eigenvalue weighted by atomic mass is 9.83. The molecule has 0 spiro atoms. The predicted octanol–water partition coefficient (Wildman–Crippen LogP) is 5.27. The van der Waals surface area contributed by atoms with Crippen LogP contribution in [0.2, 0.25) is 0 Å². The molecule has 0 atom stereocenters. The van der Waals surface area contributed by atoms with Crippen LogP contribution in [0, 0.1) is 18.8 Å². The summed E-state index contributed by atoms with van der Waals surface area (Å²) in [5.41, 5.74) is 5.71. The van der Waals surface area contributed by atoms with Crippen LogP contribution in [0.15, 0.2) is 60.3 Å². The molecule has 1 N–H and O–H groups in total. The molecular weight excluding hydrogens is 432 g/mol.